The summed E-state index contributed by atoms with van der Waals surface area (Å²) in [6.45, 7) is 2.96. The van der Waals surface area contributed by atoms with Gasteiger partial charge in [-0.25, -0.2) is 0 Å². The monoisotopic (exact) mass is 508 g/mol. The zero-order valence-corrected chi connectivity index (χ0v) is 20.6. The first-order valence-electron chi connectivity index (χ1n) is 9.92. The molecule has 0 N–H and O–H groups in total. The quantitative estimate of drug-likeness (QED) is 0.345. The topological polar surface area (TPSA) is 60.2 Å². The van der Waals surface area contributed by atoms with Crippen LogP contribution in [0.25, 0.3) is 10.9 Å². The van der Waals surface area contributed by atoms with Crippen LogP contribution in [0, 0.1) is 0 Å². The molecule has 0 amide bonds. The van der Waals surface area contributed by atoms with Crippen molar-refractivity contribution in [2.45, 2.75) is 13.1 Å². The first-order chi connectivity index (χ1) is 14.7. The predicted molar refractivity (Wildman–Crippen MR) is 139 cm³/mol. The highest BCUT2D eigenvalue weighted by Crippen LogP contribution is 2.19. The molecule has 0 bridgehead atoms. The lowest BCUT2D eigenvalue weighted by Gasteiger charge is -2.22. The summed E-state index contributed by atoms with van der Waals surface area (Å²) in [5.74, 6) is 0.800. The van der Waals surface area contributed by atoms with Crippen molar-refractivity contribution in [1.29, 1.82) is 0 Å². The average Bonchev–Trinajstić information content (AvgIpc) is 2.78. The first-order valence-corrected chi connectivity index (χ1v) is 9.92. The Kier molecular flexibility index (Phi) is 11.9. The second-order valence-electron chi connectivity index (χ2n) is 7.22. The van der Waals surface area contributed by atoms with E-state index in [1.54, 1.807) is 17.7 Å². The van der Waals surface area contributed by atoms with Gasteiger partial charge in [0.05, 0.1) is 5.52 Å². The van der Waals surface area contributed by atoms with Crippen LogP contribution in [0.1, 0.15) is 11.1 Å². The maximum atomic E-state index is 11.8. The third kappa shape index (κ3) is 7.72. The van der Waals surface area contributed by atoms with Gasteiger partial charge in [0.15, 0.2) is 0 Å². The minimum Gasteiger partial charge on any atom is -0.492 e. The predicted octanol–water partition coefficient (Wildman–Crippen LogP) is 4.68. The van der Waals surface area contributed by atoms with Gasteiger partial charge in [-0.15, -0.1) is 37.2 Å². The molecule has 0 radical (unpaired) electrons. The van der Waals surface area contributed by atoms with E-state index < -0.39 is 0 Å². The van der Waals surface area contributed by atoms with Gasteiger partial charge in [-0.1, -0.05) is 0 Å². The van der Waals surface area contributed by atoms with Crippen molar-refractivity contribution < 1.29 is 4.74 Å². The van der Waals surface area contributed by atoms with Crippen LogP contribution in [0.15, 0.2) is 84.2 Å². The van der Waals surface area contributed by atoms with E-state index in [-0.39, 0.29) is 42.8 Å². The van der Waals surface area contributed by atoms with Gasteiger partial charge >= 0.3 is 0 Å². The minimum absolute atomic E-state index is 0. The number of pyridine rings is 3. The molecule has 4 aromatic rings. The van der Waals surface area contributed by atoms with Gasteiger partial charge in [0, 0.05) is 62.9 Å². The summed E-state index contributed by atoms with van der Waals surface area (Å²) in [5, 5.41) is 0.986. The largest absolute Gasteiger partial charge is 0.492 e. The molecule has 0 aliphatic heterocycles. The molecule has 6 nitrogen and oxygen atoms in total. The summed E-state index contributed by atoms with van der Waals surface area (Å²) < 4.78 is 7.68. The van der Waals surface area contributed by atoms with E-state index in [0.29, 0.717) is 6.61 Å². The smallest absolute Gasteiger partial charge is 0.250 e. The van der Waals surface area contributed by atoms with Gasteiger partial charge < -0.3 is 9.30 Å². The molecule has 0 aliphatic rings. The molecule has 33 heavy (non-hydrogen) atoms. The third-order valence-electron chi connectivity index (χ3n) is 5.08. The van der Waals surface area contributed by atoms with Crippen molar-refractivity contribution >= 4 is 48.1 Å². The fraction of sp³-hybridized carbons (Fsp3) is 0.208. The molecule has 176 valence electrons. The van der Waals surface area contributed by atoms with Gasteiger partial charge in [-0.3, -0.25) is 19.7 Å². The van der Waals surface area contributed by atoms with Crippen LogP contribution in [0.4, 0.5) is 0 Å². The third-order valence-corrected chi connectivity index (χ3v) is 5.08. The van der Waals surface area contributed by atoms with Crippen molar-refractivity contribution in [2.75, 3.05) is 13.2 Å². The van der Waals surface area contributed by atoms with Gasteiger partial charge in [-0.05, 0) is 59.7 Å². The Morgan fingerprint density at radius 2 is 1.39 bits per heavy atom. The van der Waals surface area contributed by atoms with Crippen molar-refractivity contribution in [3.05, 3.63) is 101 Å². The molecular weight excluding hydrogens is 483 g/mol. The molecular formula is C24H27Cl3N4O2. The highest BCUT2D eigenvalue weighted by Gasteiger charge is 2.09. The molecule has 0 unspecified atom stereocenters. The van der Waals surface area contributed by atoms with Crippen molar-refractivity contribution in [2.24, 2.45) is 7.05 Å². The summed E-state index contributed by atoms with van der Waals surface area (Å²) in [7, 11) is 1.78. The van der Waals surface area contributed by atoms with Crippen LogP contribution in [0.3, 0.4) is 0 Å². The molecule has 3 heterocycles. The number of hydrogen-bond acceptors (Lipinski definition) is 5. The zero-order valence-electron chi connectivity index (χ0n) is 18.2. The minimum atomic E-state index is -0.0148. The Morgan fingerprint density at radius 3 is 1.97 bits per heavy atom. The lowest BCUT2D eigenvalue weighted by atomic mass is 10.2. The summed E-state index contributed by atoms with van der Waals surface area (Å²) >= 11 is 0. The van der Waals surface area contributed by atoms with E-state index in [1.165, 1.54) is 11.1 Å². The van der Waals surface area contributed by atoms with E-state index in [1.807, 2.05) is 73.3 Å². The van der Waals surface area contributed by atoms with E-state index in [9.17, 15) is 4.79 Å². The summed E-state index contributed by atoms with van der Waals surface area (Å²) in [5.41, 5.74) is 3.31. The van der Waals surface area contributed by atoms with Crippen molar-refractivity contribution in [3.8, 4) is 5.75 Å². The number of ether oxygens (including phenoxy) is 1. The van der Waals surface area contributed by atoms with Crippen LogP contribution >= 0.6 is 37.2 Å². The fourth-order valence-electron chi connectivity index (χ4n) is 3.45. The van der Waals surface area contributed by atoms with Crippen LogP contribution < -0.4 is 10.3 Å². The molecule has 4 rings (SSSR count). The summed E-state index contributed by atoms with van der Waals surface area (Å²) in [6, 6.07) is 17.4. The maximum Gasteiger partial charge on any atom is 0.250 e. The second-order valence-corrected chi connectivity index (χ2v) is 7.22. The Morgan fingerprint density at radius 1 is 0.818 bits per heavy atom. The van der Waals surface area contributed by atoms with Crippen molar-refractivity contribution in [3.63, 3.8) is 0 Å². The molecule has 0 fully saturated rings. The second kappa shape index (κ2) is 13.8. The molecule has 1 aromatic carbocycles. The normalized spacial score (nSPS) is 10.1. The van der Waals surface area contributed by atoms with Crippen LogP contribution in [0.2, 0.25) is 0 Å². The standard InChI is InChI=1S/C24H24N4O2.3ClH/c1-27-23-4-3-22(16-21(23)2-5-24(27)29)30-15-14-28(17-19-6-10-25-11-7-19)18-20-8-12-26-13-9-20;;;/h2-13,16H,14-15,17-18H2,1H3;3*1H. The highest BCUT2D eigenvalue weighted by molar-refractivity contribution is 5.86. The number of halogens is 3. The Balaban J connectivity index is 0.00000181. The molecule has 0 saturated carbocycles. The number of aromatic nitrogens is 3. The van der Waals surface area contributed by atoms with Gasteiger partial charge in [0.2, 0.25) is 0 Å². The van der Waals surface area contributed by atoms with Crippen LogP contribution in [0.5, 0.6) is 5.75 Å². The molecule has 0 atom stereocenters. The average molecular weight is 510 g/mol. The van der Waals surface area contributed by atoms with Crippen LogP contribution in [-0.2, 0) is 20.1 Å². The highest BCUT2D eigenvalue weighted by atomic mass is 35.5. The lowest BCUT2D eigenvalue weighted by Crippen LogP contribution is -2.27. The summed E-state index contributed by atoms with van der Waals surface area (Å²) in [6.07, 6.45) is 7.27. The number of fused-ring (bicyclic) bond motifs is 1. The number of benzene rings is 1. The molecule has 0 saturated heterocycles. The van der Waals surface area contributed by atoms with Gasteiger partial charge in [0.25, 0.3) is 5.56 Å². The van der Waals surface area contributed by atoms with Gasteiger partial charge in [-0.2, -0.15) is 0 Å². The Hall–Kier alpha value is -2.64. The zero-order chi connectivity index (χ0) is 20.8. The van der Waals surface area contributed by atoms with E-state index in [0.717, 1.165) is 36.3 Å². The molecule has 0 spiro atoms. The number of rotatable bonds is 8. The SMILES string of the molecule is Cl.Cl.Cl.Cn1c(=O)ccc2cc(OCCN(Cc3ccncc3)Cc3ccncc3)ccc21. The number of aryl methyl sites for hydroxylation is 1. The summed E-state index contributed by atoms with van der Waals surface area (Å²) in [4.78, 5) is 22.3. The number of hydrogen-bond donors (Lipinski definition) is 0. The lowest BCUT2D eigenvalue weighted by molar-refractivity contribution is 0.196. The van der Waals surface area contributed by atoms with E-state index in [2.05, 4.69) is 14.9 Å². The van der Waals surface area contributed by atoms with E-state index >= 15 is 0 Å². The number of nitrogens with zero attached hydrogens (tertiary/aromatic N) is 4. The van der Waals surface area contributed by atoms with Crippen molar-refractivity contribution in [1.82, 2.24) is 19.4 Å². The van der Waals surface area contributed by atoms with Crippen LogP contribution in [-0.4, -0.2) is 32.6 Å². The van der Waals surface area contributed by atoms with E-state index in [4.69, 9.17) is 4.74 Å². The molecule has 9 heteroatoms. The maximum absolute atomic E-state index is 11.8. The Labute approximate surface area is 211 Å². The first kappa shape index (κ1) is 28.4. The van der Waals surface area contributed by atoms with Gasteiger partial charge in [0.1, 0.15) is 12.4 Å². The molecule has 0 aliphatic carbocycles. The fourth-order valence-corrected chi connectivity index (χ4v) is 3.45. The Bertz CT molecular complexity index is 1130. The molecule has 3 aromatic heterocycles.